The van der Waals surface area contributed by atoms with Gasteiger partial charge in [-0.2, -0.15) is 5.26 Å². The summed E-state index contributed by atoms with van der Waals surface area (Å²) in [5, 5.41) is 15.4. The smallest absolute Gasteiger partial charge is 0.261 e. The fourth-order valence-electron chi connectivity index (χ4n) is 3.65. The summed E-state index contributed by atoms with van der Waals surface area (Å²) in [4.78, 5) is 15.8. The minimum Gasteiger partial charge on any atom is -0.496 e. The van der Waals surface area contributed by atoms with E-state index >= 15 is 0 Å². The molecule has 3 aromatic carbocycles. The van der Waals surface area contributed by atoms with E-state index < -0.39 is 0 Å². The van der Waals surface area contributed by atoms with Crippen molar-refractivity contribution in [1.29, 1.82) is 5.26 Å². The standard InChI is InChI=1S/C25H21N3O2/c1-30-24-11-10-17(20-6-2-3-8-22(20)24)14-19(15-26)25(29)27-13-12-18-16-28-23-9-5-4-7-21(18)23/h2-11,14,16,28H,12-13H2,1H3,(H,27,29)/b19-14+. The first-order chi connectivity index (χ1) is 14.7. The molecule has 0 atom stereocenters. The SMILES string of the molecule is COc1ccc(/C=C(\C#N)C(=O)NCCc2c[nH]c3ccccc23)c2ccccc12. The summed E-state index contributed by atoms with van der Waals surface area (Å²) in [5.74, 6) is 0.377. The van der Waals surface area contributed by atoms with Gasteiger partial charge < -0.3 is 15.0 Å². The number of hydrogen-bond acceptors (Lipinski definition) is 3. The van der Waals surface area contributed by atoms with Crippen LogP contribution in [0.15, 0.2) is 72.4 Å². The number of nitrogens with zero attached hydrogens (tertiary/aromatic N) is 1. The third-order valence-electron chi connectivity index (χ3n) is 5.16. The van der Waals surface area contributed by atoms with Gasteiger partial charge in [0.1, 0.15) is 17.4 Å². The molecule has 4 rings (SSSR count). The quantitative estimate of drug-likeness (QED) is 0.370. The van der Waals surface area contributed by atoms with Crippen LogP contribution in [0, 0.1) is 11.3 Å². The normalized spacial score (nSPS) is 11.4. The van der Waals surface area contributed by atoms with Crippen molar-refractivity contribution in [1.82, 2.24) is 10.3 Å². The van der Waals surface area contributed by atoms with Gasteiger partial charge in [-0.1, -0.05) is 48.5 Å². The second-order valence-electron chi connectivity index (χ2n) is 6.94. The Balaban J connectivity index is 1.51. The van der Waals surface area contributed by atoms with Crippen molar-refractivity contribution < 1.29 is 9.53 Å². The third-order valence-corrected chi connectivity index (χ3v) is 5.16. The number of nitrogens with one attached hydrogen (secondary N) is 2. The van der Waals surface area contributed by atoms with Crippen molar-refractivity contribution in [3.05, 3.63) is 83.6 Å². The number of carbonyl (C=O) groups excluding carboxylic acids is 1. The lowest BCUT2D eigenvalue weighted by Crippen LogP contribution is -2.26. The average molecular weight is 395 g/mol. The first-order valence-electron chi connectivity index (χ1n) is 9.72. The Hall–Kier alpha value is -4.04. The molecule has 1 amide bonds. The molecule has 0 bridgehead atoms. The van der Waals surface area contributed by atoms with Gasteiger partial charge >= 0.3 is 0 Å². The van der Waals surface area contributed by atoms with E-state index in [4.69, 9.17) is 4.74 Å². The highest BCUT2D eigenvalue weighted by Gasteiger charge is 2.11. The summed E-state index contributed by atoms with van der Waals surface area (Å²) in [5.41, 5.74) is 3.08. The Morgan fingerprint density at radius 2 is 1.80 bits per heavy atom. The van der Waals surface area contributed by atoms with Crippen molar-refractivity contribution in [3.63, 3.8) is 0 Å². The van der Waals surface area contributed by atoms with Crippen LogP contribution in [0.3, 0.4) is 0 Å². The van der Waals surface area contributed by atoms with Gasteiger partial charge in [0.05, 0.1) is 7.11 Å². The molecule has 5 heteroatoms. The fraction of sp³-hybridized carbons (Fsp3) is 0.120. The molecule has 4 aromatic rings. The number of benzene rings is 3. The molecule has 0 unspecified atom stereocenters. The lowest BCUT2D eigenvalue weighted by atomic mass is 10.0. The molecule has 148 valence electrons. The van der Waals surface area contributed by atoms with Crippen LogP contribution in [0.4, 0.5) is 0 Å². The van der Waals surface area contributed by atoms with E-state index in [0.29, 0.717) is 13.0 Å². The molecule has 30 heavy (non-hydrogen) atoms. The fourth-order valence-corrected chi connectivity index (χ4v) is 3.65. The first kappa shape index (κ1) is 19.3. The highest BCUT2D eigenvalue weighted by molar-refractivity contribution is 6.04. The zero-order valence-corrected chi connectivity index (χ0v) is 16.6. The second-order valence-corrected chi connectivity index (χ2v) is 6.94. The van der Waals surface area contributed by atoms with E-state index in [9.17, 15) is 10.1 Å². The maximum atomic E-state index is 12.6. The molecule has 5 nitrogen and oxygen atoms in total. The molecule has 2 N–H and O–H groups in total. The van der Waals surface area contributed by atoms with Gasteiger partial charge in [0.2, 0.25) is 0 Å². The Morgan fingerprint density at radius 1 is 1.07 bits per heavy atom. The average Bonchev–Trinajstić information content (AvgIpc) is 3.20. The number of aromatic nitrogens is 1. The van der Waals surface area contributed by atoms with E-state index in [2.05, 4.69) is 16.4 Å². The number of amides is 1. The molecule has 0 saturated heterocycles. The van der Waals surface area contributed by atoms with Crippen molar-refractivity contribution >= 4 is 33.7 Å². The number of methoxy groups -OCH3 is 1. The van der Waals surface area contributed by atoms with Crippen LogP contribution in [0.5, 0.6) is 5.75 Å². The van der Waals surface area contributed by atoms with Crippen LogP contribution in [0.1, 0.15) is 11.1 Å². The number of aromatic amines is 1. The molecular weight excluding hydrogens is 374 g/mol. The molecule has 0 aliphatic rings. The summed E-state index contributed by atoms with van der Waals surface area (Å²) >= 11 is 0. The van der Waals surface area contributed by atoms with Crippen LogP contribution in [0.2, 0.25) is 0 Å². The Morgan fingerprint density at radius 3 is 2.57 bits per heavy atom. The van der Waals surface area contributed by atoms with Crippen molar-refractivity contribution in [2.45, 2.75) is 6.42 Å². The molecule has 0 aliphatic carbocycles. The topological polar surface area (TPSA) is 77.9 Å². The predicted octanol–water partition coefficient (Wildman–Crippen LogP) is 4.60. The molecule has 1 aromatic heterocycles. The summed E-state index contributed by atoms with van der Waals surface area (Å²) in [6, 6.07) is 21.5. The molecule has 0 fully saturated rings. The van der Waals surface area contributed by atoms with Crippen LogP contribution in [-0.4, -0.2) is 24.5 Å². The number of carbonyl (C=O) groups is 1. The highest BCUT2D eigenvalue weighted by atomic mass is 16.5. The number of para-hydroxylation sites is 1. The first-order valence-corrected chi connectivity index (χ1v) is 9.72. The van der Waals surface area contributed by atoms with Gasteiger partial charge in [0.15, 0.2) is 0 Å². The number of nitriles is 1. The van der Waals surface area contributed by atoms with E-state index in [1.54, 1.807) is 13.2 Å². The third kappa shape index (κ3) is 3.76. The lowest BCUT2D eigenvalue weighted by molar-refractivity contribution is -0.117. The zero-order valence-electron chi connectivity index (χ0n) is 16.6. The van der Waals surface area contributed by atoms with Gasteiger partial charge in [-0.05, 0) is 41.1 Å². The maximum Gasteiger partial charge on any atom is 0.261 e. The van der Waals surface area contributed by atoms with Crippen LogP contribution in [-0.2, 0) is 11.2 Å². The molecule has 0 aliphatic heterocycles. The van der Waals surface area contributed by atoms with Gasteiger partial charge in [0.25, 0.3) is 5.91 Å². The largest absolute Gasteiger partial charge is 0.496 e. The van der Waals surface area contributed by atoms with Gasteiger partial charge in [-0.15, -0.1) is 0 Å². The minimum absolute atomic E-state index is 0.0734. The second kappa shape index (κ2) is 8.54. The van der Waals surface area contributed by atoms with Crippen molar-refractivity contribution in [3.8, 4) is 11.8 Å². The van der Waals surface area contributed by atoms with Gasteiger partial charge in [-0.25, -0.2) is 0 Å². The maximum absolute atomic E-state index is 12.6. The van der Waals surface area contributed by atoms with Crippen molar-refractivity contribution in [2.24, 2.45) is 0 Å². The number of H-pyrrole nitrogens is 1. The van der Waals surface area contributed by atoms with E-state index in [-0.39, 0.29) is 11.5 Å². The Bertz CT molecular complexity index is 1290. The van der Waals surface area contributed by atoms with Crippen LogP contribution in [0.25, 0.3) is 27.8 Å². The summed E-state index contributed by atoms with van der Waals surface area (Å²) < 4.78 is 5.41. The number of rotatable bonds is 6. The minimum atomic E-state index is -0.378. The lowest BCUT2D eigenvalue weighted by Gasteiger charge is -2.09. The van der Waals surface area contributed by atoms with Crippen LogP contribution >= 0.6 is 0 Å². The molecular formula is C25H21N3O2. The van der Waals surface area contributed by atoms with E-state index in [1.807, 2.05) is 66.9 Å². The number of ether oxygens (including phenoxy) is 1. The number of fused-ring (bicyclic) bond motifs is 2. The Kier molecular flexibility index (Phi) is 5.49. The van der Waals surface area contributed by atoms with Crippen LogP contribution < -0.4 is 10.1 Å². The molecule has 0 saturated carbocycles. The summed E-state index contributed by atoms with van der Waals surface area (Å²) in [7, 11) is 1.62. The van der Waals surface area contributed by atoms with Gasteiger partial charge in [-0.3, -0.25) is 4.79 Å². The number of hydrogen-bond donors (Lipinski definition) is 2. The predicted molar refractivity (Wildman–Crippen MR) is 119 cm³/mol. The Labute approximate surface area is 174 Å². The monoisotopic (exact) mass is 395 g/mol. The summed E-state index contributed by atoms with van der Waals surface area (Å²) in [6.45, 7) is 0.447. The summed E-state index contributed by atoms with van der Waals surface area (Å²) in [6.07, 6.45) is 4.27. The zero-order chi connectivity index (χ0) is 20.9. The molecule has 0 spiro atoms. The van der Waals surface area contributed by atoms with Gasteiger partial charge in [0, 0.05) is 29.0 Å². The van der Waals surface area contributed by atoms with Crippen molar-refractivity contribution in [2.75, 3.05) is 13.7 Å². The molecule has 1 heterocycles. The molecule has 0 radical (unpaired) electrons. The van der Waals surface area contributed by atoms with E-state index in [0.717, 1.165) is 38.6 Å². The van der Waals surface area contributed by atoms with E-state index in [1.165, 1.54) is 0 Å². The highest BCUT2D eigenvalue weighted by Crippen LogP contribution is 2.29.